The van der Waals surface area contributed by atoms with Crippen LogP contribution in [0, 0.1) is 5.92 Å². The molecule has 1 fully saturated rings. The monoisotopic (exact) mass is 312 g/mol. The van der Waals surface area contributed by atoms with Crippen molar-refractivity contribution < 1.29 is 5.11 Å². The van der Waals surface area contributed by atoms with Crippen LogP contribution < -0.4 is 10.6 Å². The smallest absolute Gasteiger partial charge is 0.0541 e. The maximum absolute atomic E-state index is 9.62. The van der Waals surface area contributed by atoms with Crippen molar-refractivity contribution in [3.8, 4) is 0 Å². The van der Waals surface area contributed by atoms with E-state index in [0.717, 1.165) is 36.0 Å². The highest BCUT2D eigenvalue weighted by atomic mass is 79.9. The Kier molecular flexibility index (Phi) is 4.65. The van der Waals surface area contributed by atoms with E-state index < -0.39 is 0 Å². The lowest BCUT2D eigenvalue weighted by Crippen LogP contribution is -2.37. The Balaban J connectivity index is 2.07. The van der Waals surface area contributed by atoms with E-state index in [1.807, 2.05) is 6.92 Å². The Morgan fingerprint density at radius 3 is 2.61 bits per heavy atom. The fourth-order valence-electron chi connectivity index (χ4n) is 2.57. The normalized spacial score (nSPS) is 19.0. The highest BCUT2D eigenvalue weighted by Crippen LogP contribution is 2.28. The summed E-state index contributed by atoms with van der Waals surface area (Å²) >= 11 is 3.53. The van der Waals surface area contributed by atoms with Crippen LogP contribution in [0.1, 0.15) is 25.3 Å². The number of piperidine rings is 1. The number of nitrogens with two attached hydrogens (primary N) is 1. The molecule has 1 atom stereocenters. The Bertz CT molecular complexity index is 401. The number of anilines is 1. The second-order valence-electron chi connectivity index (χ2n) is 5.09. The van der Waals surface area contributed by atoms with Crippen molar-refractivity contribution >= 4 is 21.6 Å². The van der Waals surface area contributed by atoms with Gasteiger partial charge in [-0.15, -0.1) is 0 Å². The summed E-state index contributed by atoms with van der Waals surface area (Å²) in [6.45, 7) is 4.48. The van der Waals surface area contributed by atoms with E-state index in [0.29, 0.717) is 12.5 Å². The second-order valence-corrected chi connectivity index (χ2v) is 6.00. The van der Waals surface area contributed by atoms with Crippen LogP contribution in [0.5, 0.6) is 0 Å². The maximum atomic E-state index is 9.62. The fourth-order valence-corrected chi connectivity index (χ4v) is 3.10. The molecule has 0 radical (unpaired) electrons. The van der Waals surface area contributed by atoms with Crippen LogP contribution >= 0.6 is 15.9 Å². The summed E-state index contributed by atoms with van der Waals surface area (Å²) in [6, 6.07) is 6.36. The SMILES string of the molecule is CC(O)C1CCN(c2cc(Br)cc(CN)c2)CC1. The largest absolute Gasteiger partial charge is 0.393 e. The van der Waals surface area contributed by atoms with Crippen LogP contribution in [0.4, 0.5) is 5.69 Å². The summed E-state index contributed by atoms with van der Waals surface area (Å²) in [5.74, 6) is 0.447. The van der Waals surface area contributed by atoms with Crippen LogP contribution in [0.3, 0.4) is 0 Å². The number of hydrogen-bond donors (Lipinski definition) is 2. The molecule has 1 saturated heterocycles. The molecule has 1 aromatic rings. The van der Waals surface area contributed by atoms with E-state index in [9.17, 15) is 5.11 Å². The fraction of sp³-hybridized carbons (Fsp3) is 0.571. The predicted molar refractivity (Wildman–Crippen MR) is 78.7 cm³/mol. The number of rotatable bonds is 3. The molecule has 18 heavy (non-hydrogen) atoms. The summed E-state index contributed by atoms with van der Waals surface area (Å²) in [4.78, 5) is 2.38. The Morgan fingerprint density at radius 2 is 2.06 bits per heavy atom. The lowest BCUT2D eigenvalue weighted by Gasteiger charge is -2.35. The molecule has 3 N–H and O–H groups in total. The van der Waals surface area contributed by atoms with Crippen LogP contribution in [0.15, 0.2) is 22.7 Å². The number of nitrogens with zero attached hydrogens (tertiary/aromatic N) is 1. The third-order valence-corrected chi connectivity index (χ3v) is 4.22. The van der Waals surface area contributed by atoms with Gasteiger partial charge in [0.15, 0.2) is 0 Å². The van der Waals surface area contributed by atoms with Crippen molar-refractivity contribution in [1.82, 2.24) is 0 Å². The number of aliphatic hydroxyl groups excluding tert-OH is 1. The molecular weight excluding hydrogens is 292 g/mol. The number of halogens is 1. The van der Waals surface area contributed by atoms with Crippen molar-refractivity contribution in [3.63, 3.8) is 0 Å². The van der Waals surface area contributed by atoms with Crippen LogP contribution in [0.25, 0.3) is 0 Å². The molecule has 0 spiro atoms. The molecule has 1 aliphatic rings. The van der Waals surface area contributed by atoms with Crippen molar-refractivity contribution in [2.75, 3.05) is 18.0 Å². The van der Waals surface area contributed by atoms with E-state index in [1.165, 1.54) is 5.69 Å². The average molecular weight is 313 g/mol. The van der Waals surface area contributed by atoms with Gasteiger partial charge in [0.25, 0.3) is 0 Å². The molecule has 0 saturated carbocycles. The molecule has 0 aliphatic carbocycles. The Hall–Kier alpha value is -0.580. The lowest BCUT2D eigenvalue weighted by atomic mass is 9.92. The molecule has 0 amide bonds. The molecule has 1 aliphatic heterocycles. The molecule has 1 aromatic carbocycles. The van der Waals surface area contributed by atoms with Crippen LogP contribution in [-0.4, -0.2) is 24.3 Å². The third kappa shape index (κ3) is 3.25. The first-order valence-electron chi connectivity index (χ1n) is 6.52. The minimum atomic E-state index is -0.186. The summed E-state index contributed by atoms with van der Waals surface area (Å²) in [7, 11) is 0. The van der Waals surface area contributed by atoms with Gasteiger partial charge in [-0.25, -0.2) is 0 Å². The first kappa shape index (κ1) is 13.8. The zero-order valence-corrected chi connectivity index (χ0v) is 12.4. The van der Waals surface area contributed by atoms with Gasteiger partial charge in [0.1, 0.15) is 0 Å². The first-order chi connectivity index (χ1) is 8.60. The highest BCUT2D eigenvalue weighted by molar-refractivity contribution is 9.10. The minimum absolute atomic E-state index is 0.186. The lowest BCUT2D eigenvalue weighted by molar-refractivity contribution is 0.110. The zero-order valence-electron chi connectivity index (χ0n) is 10.8. The van der Waals surface area contributed by atoms with Gasteiger partial charge in [-0.1, -0.05) is 15.9 Å². The van der Waals surface area contributed by atoms with Gasteiger partial charge < -0.3 is 15.7 Å². The van der Waals surface area contributed by atoms with E-state index in [4.69, 9.17) is 5.73 Å². The standard InChI is InChI=1S/C14H21BrN2O/c1-10(18)12-2-4-17(5-3-12)14-7-11(9-16)6-13(15)8-14/h6-8,10,12,18H,2-5,9,16H2,1H3. The van der Waals surface area contributed by atoms with E-state index in [-0.39, 0.29) is 6.10 Å². The number of hydrogen-bond acceptors (Lipinski definition) is 3. The number of benzene rings is 1. The second kappa shape index (κ2) is 6.04. The molecule has 0 bridgehead atoms. The van der Waals surface area contributed by atoms with Crippen molar-refractivity contribution in [1.29, 1.82) is 0 Å². The van der Waals surface area contributed by atoms with Crippen molar-refractivity contribution in [2.24, 2.45) is 11.7 Å². The van der Waals surface area contributed by atoms with Crippen LogP contribution in [0.2, 0.25) is 0 Å². The van der Waals surface area contributed by atoms with Gasteiger partial charge in [-0.05, 0) is 49.4 Å². The average Bonchev–Trinajstić information content (AvgIpc) is 2.38. The third-order valence-electron chi connectivity index (χ3n) is 3.77. The molecular formula is C14H21BrN2O. The van der Waals surface area contributed by atoms with Gasteiger partial charge in [0.2, 0.25) is 0 Å². The molecule has 3 nitrogen and oxygen atoms in total. The van der Waals surface area contributed by atoms with E-state index in [2.05, 4.69) is 39.0 Å². The van der Waals surface area contributed by atoms with Gasteiger partial charge in [-0.2, -0.15) is 0 Å². The van der Waals surface area contributed by atoms with Gasteiger partial charge in [0, 0.05) is 29.8 Å². The summed E-state index contributed by atoms with van der Waals surface area (Å²) < 4.78 is 1.08. The molecule has 2 rings (SSSR count). The summed E-state index contributed by atoms with van der Waals surface area (Å²) in [5.41, 5.74) is 8.09. The summed E-state index contributed by atoms with van der Waals surface area (Å²) in [5, 5.41) is 9.62. The molecule has 0 aromatic heterocycles. The van der Waals surface area contributed by atoms with E-state index in [1.54, 1.807) is 0 Å². The topological polar surface area (TPSA) is 49.5 Å². The molecule has 1 heterocycles. The molecule has 4 heteroatoms. The van der Waals surface area contributed by atoms with Crippen molar-refractivity contribution in [2.45, 2.75) is 32.4 Å². The first-order valence-corrected chi connectivity index (χ1v) is 7.32. The van der Waals surface area contributed by atoms with E-state index >= 15 is 0 Å². The predicted octanol–water partition coefficient (Wildman–Crippen LogP) is 2.51. The Morgan fingerprint density at radius 1 is 1.39 bits per heavy atom. The van der Waals surface area contributed by atoms with Gasteiger partial charge >= 0.3 is 0 Å². The summed E-state index contributed by atoms with van der Waals surface area (Å²) in [6.07, 6.45) is 1.93. The Labute approximate surface area is 117 Å². The molecule has 100 valence electrons. The zero-order chi connectivity index (χ0) is 13.1. The maximum Gasteiger partial charge on any atom is 0.0541 e. The minimum Gasteiger partial charge on any atom is -0.393 e. The van der Waals surface area contributed by atoms with Crippen LogP contribution in [-0.2, 0) is 6.54 Å². The highest BCUT2D eigenvalue weighted by Gasteiger charge is 2.22. The van der Waals surface area contributed by atoms with Gasteiger partial charge in [-0.3, -0.25) is 0 Å². The number of aliphatic hydroxyl groups is 1. The quantitative estimate of drug-likeness (QED) is 0.901. The van der Waals surface area contributed by atoms with Crippen molar-refractivity contribution in [3.05, 3.63) is 28.2 Å². The molecule has 1 unspecified atom stereocenters. The van der Waals surface area contributed by atoms with Gasteiger partial charge in [0.05, 0.1) is 6.10 Å².